The molecule has 0 amide bonds. The Hall–Kier alpha value is -2.39. The summed E-state index contributed by atoms with van der Waals surface area (Å²) in [5.74, 6) is 1.51. The monoisotopic (exact) mass is 346 g/mol. The van der Waals surface area contributed by atoms with Crippen molar-refractivity contribution in [2.45, 2.75) is 25.3 Å². The van der Waals surface area contributed by atoms with E-state index in [0.29, 0.717) is 12.0 Å². The number of benzene rings is 2. The Kier molecular flexibility index (Phi) is 4.64. The molecule has 1 aliphatic rings. The molecule has 26 heavy (non-hydrogen) atoms. The van der Waals surface area contributed by atoms with E-state index in [4.69, 9.17) is 9.72 Å². The van der Waals surface area contributed by atoms with Crippen LogP contribution in [0, 0.1) is 5.92 Å². The highest BCUT2D eigenvalue weighted by molar-refractivity contribution is 5.79. The van der Waals surface area contributed by atoms with E-state index in [1.54, 1.807) is 7.11 Å². The molecule has 3 nitrogen and oxygen atoms in total. The van der Waals surface area contributed by atoms with Crippen LogP contribution in [0.1, 0.15) is 29.3 Å². The van der Waals surface area contributed by atoms with Crippen molar-refractivity contribution in [3.63, 3.8) is 0 Å². The number of methoxy groups -OCH3 is 1. The van der Waals surface area contributed by atoms with Crippen molar-refractivity contribution in [3.05, 3.63) is 71.4 Å². The fraction of sp³-hybridized carbons (Fsp3) is 0.348. The van der Waals surface area contributed by atoms with Gasteiger partial charge in [-0.05, 0) is 74.7 Å². The van der Waals surface area contributed by atoms with Crippen molar-refractivity contribution in [2.24, 2.45) is 5.92 Å². The zero-order valence-corrected chi connectivity index (χ0v) is 15.8. The van der Waals surface area contributed by atoms with Gasteiger partial charge in [-0.25, -0.2) is 0 Å². The van der Waals surface area contributed by atoms with Crippen LogP contribution in [0.2, 0.25) is 0 Å². The lowest BCUT2D eigenvalue weighted by atomic mass is 9.79. The molecule has 0 saturated heterocycles. The van der Waals surface area contributed by atoms with Crippen molar-refractivity contribution in [1.82, 2.24) is 9.88 Å². The van der Waals surface area contributed by atoms with Crippen molar-refractivity contribution < 1.29 is 4.74 Å². The van der Waals surface area contributed by atoms with Crippen LogP contribution in [0.25, 0.3) is 10.9 Å². The largest absolute Gasteiger partial charge is 0.497 e. The minimum atomic E-state index is 0.379. The minimum Gasteiger partial charge on any atom is -0.497 e. The summed E-state index contributed by atoms with van der Waals surface area (Å²) in [5.41, 5.74) is 5.14. The van der Waals surface area contributed by atoms with Gasteiger partial charge in [0, 0.05) is 17.1 Å². The van der Waals surface area contributed by atoms with Crippen LogP contribution in [0.3, 0.4) is 0 Å². The van der Waals surface area contributed by atoms with Crippen LogP contribution in [0.15, 0.2) is 54.6 Å². The number of hydrogen-bond acceptors (Lipinski definition) is 3. The van der Waals surface area contributed by atoms with Gasteiger partial charge < -0.3 is 9.64 Å². The molecular formula is C23H26N2O. The molecule has 2 atom stereocenters. The summed E-state index contributed by atoms with van der Waals surface area (Å²) in [7, 11) is 6.09. The Morgan fingerprint density at radius 2 is 1.92 bits per heavy atom. The lowest BCUT2D eigenvalue weighted by Crippen LogP contribution is -2.31. The summed E-state index contributed by atoms with van der Waals surface area (Å²) >= 11 is 0. The molecule has 0 spiro atoms. The molecule has 4 rings (SSSR count). The number of rotatable bonds is 4. The summed E-state index contributed by atoms with van der Waals surface area (Å²) in [4.78, 5) is 7.27. The summed E-state index contributed by atoms with van der Waals surface area (Å²) in [5, 5.41) is 1.25. The molecule has 134 valence electrons. The minimum absolute atomic E-state index is 0.379. The van der Waals surface area contributed by atoms with Crippen molar-refractivity contribution in [3.8, 4) is 5.75 Å². The molecule has 0 aliphatic heterocycles. The van der Waals surface area contributed by atoms with E-state index in [9.17, 15) is 0 Å². The average Bonchev–Trinajstić information content (AvgIpc) is 2.66. The van der Waals surface area contributed by atoms with E-state index in [1.165, 1.54) is 28.6 Å². The van der Waals surface area contributed by atoms with Crippen LogP contribution >= 0.6 is 0 Å². The number of aromatic nitrogens is 1. The quantitative estimate of drug-likeness (QED) is 0.687. The summed E-state index contributed by atoms with van der Waals surface area (Å²) in [6.45, 7) is 0. The molecule has 0 N–H and O–H groups in total. The van der Waals surface area contributed by atoms with Crippen molar-refractivity contribution in [2.75, 3.05) is 21.2 Å². The first-order valence-electron chi connectivity index (χ1n) is 9.33. The van der Waals surface area contributed by atoms with E-state index < -0.39 is 0 Å². The number of para-hydroxylation sites is 1. The fourth-order valence-corrected chi connectivity index (χ4v) is 4.39. The highest BCUT2D eigenvalue weighted by atomic mass is 16.5. The first kappa shape index (κ1) is 17.0. The SMILES string of the molecule is COc1cccc(C(C2CCc3nc4ccccc4cc3C2)N(C)C)c1. The second-order valence-electron chi connectivity index (χ2n) is 7.47. The number of fused-ring (bicyclic) bond motifs is 2. The van der Waals surface area contributed by atoms with Gasteiger partial charge in [0.05, 0.1) is 12.6 Å². The van der Waals surface area contributed by atoms with E-state index in [1.807, 2.05) is 6.07 Å². The lowest BCUT2D eigenvalue weighted by molar-refractivity contribution is 0.195. The molecule has 1 aromatic heterocycles. The van der Waals surface area contributed by atoms with Crippen molar-refractivity contribution >= 4 is 10.9 Å². The van der Waals surface area contributed by atoms with Gasteiger partial charge in [-0.15, -0.1) is 0 Å². The van der Waals surface area contributed by atoms with Gasteiger partial charge in [-0.1, -0.05) is 30.3 Å². The average molecular weight is 346 g/mol. The Balaban J connectivity index is 1.67. The normalized spacial score (nSPS) is 17.9. The molecular weight excluding hydrogens is 320 g/mol. The first-order chi connectivity index (χ1) is 12.7. The van der Waals surface area contributed by atoms with Gasteiger partial charge in [0.25, 0.3) is 0 Å². The second-order valence-corrected chi connectivity index (χ2v) is 7.47. The molecule has 1 heterocycles. The summed E-state index contributed by atoms with van der Waals surface area (Å²) in [6, 6.07) is 19.7. The third-order valence-electron chi connectivity index (χ3n) is 5.56. The fourth-order valence-electron chi connectivity index (χ4n) is 4.39. The van der Waals surface area contributed by atoms with Gasteiger partial charge in [0.15, 0.2) is 0 Å². The number of ether oxygens (including phenoxy) is 1. The Morgan fingerprint density at radius 3 is 2.73 bits per heavy atom. The van der Waals surface area contributed by atoms with E-state index in [-0.39, 0.29) is 0 Å². The Labute approximate surface area is 155 Å². The maximum Gasteiger partial charge on any atom is 0.119 e. The predicted octanol–water partition coefficient (Wildman–Crippen LogP) is 4.65. The molecule has 0 bridgehead atoms. The molecule has 3 heteroatoms. The van der Waals surface area contributed by atoms with Gasteiger partial charge in [-0.2, -0.15) is 0 Å². The van der Waals surface area contributed by atoms with Gasteiger partial charge in [-0.3, -0.25) is 4.98 Å². The number of aryl methyl sites for hydroxylation is 1. The second kappa shape index (κ2) is 7.08. The van der Waals surface area contributed by atoms with E-state index >= 15 is 0 Å². The van der Waals surface area contributed by atoms with E-state index in [0.717, 1.165) is 24.1 Å². The van der Waals surface area contributed by atoms with Crippen LogP contribution in [0.4, 0.5) is 0 Å². The zero-order valence-electron chi connectivity index (χ0n) is 15.8. The topological polar surface area (TPSA) is 25.4 Å². The van der Waals surface area contributed by atoms with Gasteiger partial charge in [0.1, 0.15) is 5.75 Å². The Morgan fingerprint density at radius 1 is 1.08 bits per heavy atom. The smallest absolute Gasteiger partial charge is 0.119 e. The molecule has 2 unspecified atom stereocenters. The highest BCUT2D eigenvalue weighted by Gasteiger charge is 2.30. The number of nitrogens with zero attached hydrogens (tertiary/aromatic N) is 2. The summed E-state index contributed by atoms with van der Waals surface area (Å²) < 4.78 is 5.45. The highest BCUT2D eigenvalue weighted by Crippen LogP contribution is 2.38. The first-order valence-corrected chi connectivity index (χ1v) is 9.33. The summed E-state index contributed by atoms with van der Waals surface area (Å²) in [6.07, 6.45) is 3.30. The van der Waals surface area contributed by atoms with Crippen LogP contribution in [-0.2, 0) is 12.8 Å². The van der Waals surface area contributed by atoms with E-state index in [2.05, 4.69) is 67.5 Å². The molecule has 3 aromatic rings. The molecule has 0 fully saturated rings. The zero-order chi connectivity index (χ0) is 18.1. The lowest BCUT2D eigenvalue weighted by Gasteiger charge is -2.36. The van der Waals surface area contributed by atoms with Gasteiger partial charge in [0.2, 0.25) is 0 Å². The molecule has 0 saturated carbocycles. The predicted molar refractivity (Wildman–Crippen MR) is 107 cm³/mol. The number of hydrogen-bond donors (Lipinski definition) is 0. The van der Waals surface area contributed by atoms with Gasteiger partial charge >= 0.3 is 0 Å². The standard InChI is InChI=1S/C23H26N2O/c1-25(2)23(17-8-6-9-20(15-17)26-3)18-11-12-22-19(14-18)13-16-7-4-5-10-21(16)24-22/h4-10,13,15,18,23H,11-12,14H2,1-3H3. The van der Waals surface area contributed by atoms with Crippen LogP contribution in [-0.4, -0.2) is 31.1 Å². The van der Waals surface area contributed by atoms with Crippen LogP contribution in [0.5, 0.6) is 5.75 Å². The Bertz CT molecular complexity index is 919. The molecule has 0 radical (unpaired) electrons. The van der Waals surface area contributed by atoms with Crippen LogP contribution < -0.4 is 4.74 Å². The molecule has 1 aliphatic carbocycles. The third kappa shape index (κ3) is 3.19. The van der Waals surface area contributed by atoms with Crippen molar-refractivity contribution in [1.29, 1.82) is 0 Å². The maximum absolute atomic E-state index is 5.45. The third-order valence-corrected chi connectivity index (χ3v) is 5.56. The molecule has 2 aromatic carbocycles. The number of pyridine rings is 1. The maximum atomic E-state index is 5.45.